The molecule has 18 heavy (non-hydrogen) atoms. The molecular formula is C15H14O3. The molecule has 3 nitrogen and oxygen atoms in total. The molecule has 0 unspecified atom stereocenters. The Labute approximate surface area is 106 Å². The van der Waals surface area contributed by atoms with Crippen LogP contribution in [0.15, 0.2) is 48.5 Å². The maximum Gasteiger partial charge on any atom is 0.308 e. The van der Waals surface area contributed by atoms with Crippen LogP contribution in [0.5, 0.6) is 5.75 Å². The summed E-state index contributed by atoms with van der Waals surface area (Å²) in [4.78, 5) is 10.9. The number of aliphatic hydroxyl groups excluding tert-OH is 1. The van der Waals surface area contributed by atoms with E-state index in [1.54, 1.807) is 12.1 Å². The average Bonchev–Trinajstić information content (AvgIpc) is 2.38. The Balaban J connectivity index is 2.34. The predicted molar refractivity (Wildman–Crippen MR) is 69.1 cm³/mol. The maximum absolute atomic E-state index is 10.9. The summed E-state index contributed by atoms with van der Waals surface area (Å²) >= 11 is 0. The highest BCUT2D eigenvalue weighted by Gasteiger charge is 2.02. The lowest BCUT2D eigenvalue weighted by Gasteiger charge is -2.06. The van der Waals surface area contributed by atoms with Crippen molar-refractivity contribution in [2.75, 3.05) is 0 Å². The third-order valence-electron chi connectivity index (χ3n) is 2.54. The third-order valence-corrected chi connectivity index (χ3v) is 2.54. The number of ether oxygens (including phenoxy) is 1. The molecule has 2 rings (SSSR count). The van der Waals surface area contributed by atoms with Crippen molar-refractivity contribution in [2.24, 2.45) is 0 Å². The first-order valence-electron chi connectivity index (χ1n) is 5.67. The zero-order valence-electron chi connectivity index (χ0n) is 10.1. The second-order valence-electron chi connectivity index (χ2n) is 3.98. The molecule has 0 aromatic heterocycles. The highest BCUT2D eigenvalue weighted by atomic mass is 16.5. The molecule has 0 radical (unpaired) electrons. The van der Waals surface area contributed by atoms with Crippen molar-refractivity contribution in [3.63, 3.8) is 0 Å². The molecule has 0 heterocycles. The van der Waals surface area contributed by atoms with E-state index in [4.69, 9.17) is 9.84 Å². The lowest BCUT2D eigenvalue weighted by atomic mass is 10.0. The maximum atomic E-state index is 10.9. The number of hydrogen-bond donors (Lipinski definition) is 1. The number of carbonyl (C=O) groups excluding carboxylic acids is 1. The molecule has 0 aliphatic rings. The van der Waals surface area contributed by atoms with Crippen LogP contribution in [0.3, 0.4) is 0 Å². The SMILES string of the molecule is CC(=O)Oc1cccc(-c2cccc(CO)c2)c1. The Kier molecular flexibility index (Phi) is 3.75. The van der Waals surface area contributed by atoms with Crippen LogP contribution in [0.2, 0.25) is 0 Å². The van der Waals surface area contributed by atoms with E-state index in [1.165, 1.54) is 6.92 Å². The molecule has 0 amide bonds. The molecule has 0 bridgehead atoms. The molecular weight excluding hydrogens is 228 g/mol. The van der Waals surface area contributed by atoms with Gasteiger partial charge in [-0.05, 0) is 34.9 Å². The van der Waals surface area contributed by atoms with Gasteiger partial charge in [0.2, 0.25) is 0 Å². The summed E-state index contributed by atoms with van der Waals surface area (Å²) in [6.45, 7) is 1.39. The standard InChI is InChI=1S/C15H14O3/c1-11(17)18-15-7-3-6-14(9-15)13-5-2-4-12(8-13)10-16/h2-9,16H,10H2,1H3. The van der Waals surface area contributed by atoms with Crippen LogP contribution in [0, 0.1) is 0 Å². The molecule has 0 fully saturated rings. The molecule has 0 aliphatic heterocycles. The molecule has 0 saturated carbocycles. The van der Waals surface area contributed by atoms with Gasteiger partial charge in [0.1, 0.15) is 5.75 Å². The number of carbonyl (C=O) groups is 1. The Morgan fingerprint density at radius 1 is 1.11 bits per heavy atom. The minimum Gasteiger partial charge on any atom is -0.427 e. The number of hydrogen-bond acceptors (Lipinski definition) is 3. The molecule has 0 aliphatic carbocycles. The summed E-state index contributed by atoms with van der Waals surface area (Å²) < 4.78 is 5.04. The highest BCUT2D eigenvalue weighted by Crippen LogP contribution is 2.24. The lowest BCUT2D eigenvalue weighted by Crippen LogP contribution is -2.01. The number of aliphatic hydroxyl groups is 1. The van der Waals surface area contributed by atoms with Crippen LogP contribution in [0.1, 0.15) is 12.5 Å². The quantitative estimate of drug-likeness (QED) is 0.665. The Morgan fingerprint density at radius 2 is 1.78 bits per heavy atom. The van der Waals surface area contributed by atoms with Gasteiger partial charge in [0.05, 0.1) is 6.61 Å². The van der Waals surface area contributed by atoms with Gasteiger partial charge in [0.15, 0.2) is 0 Å². The molecule has 0 spiro atoms. The zero-order valence-corrected chi connectivity index (χ0v) is 10.1. The van der Waals surface area contributed by atoms with E-state index in [1.807, 2.05) is 36.4 Å². The molecule has 92 valence electrons. The van der Waals surface area contributed by atoms with Crippen molar-refractivity contribution in [3.05, 3.63) is 54.1 Å². The minimum absolute atomic E-state index is 0.0114. The summed E-state index contributed by atoms with van der Waals surface area (Å²) in [6.07, 6.45) is 0. The summed E-state index contributed by atoms with van der Waals surface area (Å²) in [5.41, 5.74) is 2.78. The summed E-state index contributed by atoms with van der Waals surface area (Å²) in [5.74, 6) is 0.186. The van der Waals surface area contributed by atoms with Gasteiger partial charge in [-0.15, -0.1) is 0 Å². The summed E-state index contributed by atoms with van der Waals surface area (Å²) in [5, 5.41) is 9.11. The largest absolute Gasteiger partial charge is 0.427 e. The normalized spacial score (nSPS) is 10.1. The summed E-state index contributed by atoms with van der Waals surface area (Å²) in [6, 6.07) is 14.9. The van der Waals surface area contributed by atoms with Crippen LogP contribution >= 0.6 is 0 Å². The first-order chi connectivity index (χ1) is 8.69. The van der Waals surface area contributed by atoms with E-state index in [-0.39, 0.29) is 12.6 Å². The van der Waals surface area contributed by atoms with Crippen molar-refractivity contribution in [1.29, 1.82) is 0 Å². The zero-order chi connectivity index (χ0) is 13.0. The van der Waals surface area contributed by atoms with Crippen molar-refractivity contribution in [2.45, 2.75) is 13.5 Å². The van der Waals surface area contributed by atoms with Crippen LogP contribution in [0.25, 0.3) is 11.1 Å². The molecule has 1 N–H and O–H groups in total. The third kappa shape index (κ3) is 2.96. The number of esters is 1. The Bertz CT molecular complexity index is 561. The van der Waals surface area contributed by atoms with Gasteiger partial charge >= 0.3 is 5.97 Å². The smallest absolute Gasteiger partial charge is 0.308 e. The predicted octanol–water partition coefficient (Wildman–Crippen LogP) is 2.77. The van der Waals surface area contributed by atoms with E-state index < -0.39 is 0 Å². The topological polar surface area (TPSA) is 46.5 Å². The fourth-order valence-electron chi connectivity index (χ4n) is 1.75. The lowest BCUT2D eigenvalue weighted by molar-refractivity contribution is -0.131. The fraction of sp³-hybridized carbons (Fsp3) is 0.133. The molecule has 3 heteroatoms. The monoisotopic (exact) mass is 242 g/mol. The molecule has 2 aromatic rings. The first kappa shape index (κ1) is 12.3. The second-order valence-corrected chi connectivity index (χ2v) is 3.98. The van der Waals surface area contributed by atoms with E-state index in [2.05, 4.69) is 0 Å². The minimum atomic E-state index is -0.337. The summed E-state index contributed by atoms with van der Waals surface area (Å²) in [7, 11) is 0. The van der Waals surface area contributed by atoms with Crippen molar-refractivity contribution >= 4 is 5.97 Å². The van der Waals surface area contributed by atoms with Crippen molar-refractivity contribution in [1.82, 2.24) is 0 Å². The van der Waals surface area contributed by atoms with E-state index in [0.29, 0.717) is 5.75 Å². The molecule has 0 atom stereocenters. The van der Waals surface area contributed by atoms with Crippen LogP contribution < -0.4 is 4.74 Å². The van der Waals surface area contributed by atoms with Gasteiger partial charge in [-0.2, -0.15) is 0 Å². The first-order valence-corrected chi connectivity index (χ1v) is 5.67. The molecule has 2 aromatic carbocycles. The van der Waals surface area contributed by atoms with E-state index >= 15 is 0 Å². The van der Waals surface area contributed by atoms with Gasteiger partial charge in [0.25, 0.3) is 0 Å². The fourth-order valence-corrected chi connectivity index (χ4v) is 1.75. The highest BCUT2D eigenvalue weighted by molar-refractivity contribution is 5.71. The van der Waals surface area contributed by atoms with E-state index in [9.17, 15) is 4.79 Å². The average molecular weight is 242 g/mol. The number of rotatable bonds is 3. The van der Waals surface area contributed by atoms with Crippen LogP contribution in [-0.4, -0.2) is 11.1 Å². The van der Waals surface area contributed by atoms with Gasteiger partial charge in [-0.3, -0.25) is 4.79 Å². The Morgan fingerprint density at radius 3 is 2.44 bits per heavy atom. The molecule has 0 saturated heterocycles. The second kappa shape index (κ2) is 5.47. The van der Waals surface area contributed by atoms with E-state index in [0.717, 1.165) is 16.7 Å². The van der Waals surface area contributed by atoms with Gasteiger partial charge < -0.3 is 9.84 Å². The Hall–Kier alpha value is -2.13. The van der Waals surface area contributed by atoms with Gasteiger partial charge in [-0.25, -0.2) is 0 Å². The number of benzene rings is 2. The van der Waals surface area contributed by atoms with Gasteiger partial charge in [0, 0.05) is 6.92 Å². The van der Waals surface area contributed by atoms with Crippen molar-refractivity contribution in [3.8, 4) is 16.9 Å². The van der Waals surface area contributed by atoms with Crippen LogP contribution in [-0.2, 0) is 11.4 Å². The van der Waals surface area contributed by atoms with Crippen LogP contribution in [0.4, 0.5) is 0 Å². The van der Waals surface area contributed by atoms with Gasteiger partial charge in [-0.1, -0.05) is 30.3 Å². The van der Waals surface area contributed by atoms with Crippen molar-refractivity contribution < 1.29 is 14.6 Å².